The number of hydrogen-bond acceptors (Lipinski definition) is 2. The molecule has 0 aromatic carbocycles. The molecule has 1 aliphatic carbocycles. The Morgan fingerprint density at radius 1 is 1.31 bits per heavy atom. The van der Waals surface area contributed by atoms with E-state index in [4.69, 9.17) is 0 Å². The summed E-state index contributed by atoms with van der Waals surface area (Å²) in [5.41, 5.74) is 0.371. The Labute approximate surface area is 102 Å². The van der Waals surface area contributed by atoms with Crippen molar-refractivity contribution in [3.8, 4) is 0 Å². The fourth-order valence-corrected chi connectivity index (χ4v) is 2.43. The molecule has 0 aromatic rings. The van der Waals surface area contributed by atoms with Crippen molar-refractivity contribution in [2.75, 3.05) is 20.1 Å². The SMILES string of the molecule is CCNC(CCN(C)C1CCC1)C(C)(C)C. The molecule has 0 aromatic heterocycles. The van der Waals surface area contributed by atoms with Crippen molar-refractivity contribution in [1.82, 2.24) is 10.2 Å². The summed E-state index contributed by atoms with van der Waals surface area (Å²) in [6.07, 6.45) is 5.53. The number of rotatable bonds is 6. The van der Waals surface area contributed by atoms with Crippen molar-refractivity contribution in [2.24, 2.45) is 5.41 Å². The zero-order valence-electron chi connectivity index (χ0n) is 11.8. The molecule has 0 amide bonds. The van der Waals surface area contributed by atoms with Crippen LogP contribution < -0.4 is 5.32 Å². The van der Waals surface area contributed by atoms with Gasteiger partial charge in [0.1, 0.15) is 0 Å². The maximum absolute atomic E-state index is 3.63. The molecule has 1 N–H and O–H groups in total. The van der Waals surface area contributed by atoms with Gasteiger partial charge in [-0.2, -0.15) is 0 Å². The average molecular weight is 226 g/mol. The van der Waals surface area contributed by atoms with Crippen LogP contribution in [0.4, 0.5) is 0 Å². The lowest BCUT2D eigenvalue weighted by atomic mass is 9.84. The third-order valence-corrected chi connectivity index (χ3v) is 3.96. The molecule has 0 bridgehead atoms. The molecule has 1 fully saturated rings. The van der Waals surface area contributed by atoms with Crippen molar-refractivity contribution in [2.45, 2.75) is 65.5 Å². The number of hydrogen-bond donors (Lipinski definition) is 1. The fraction of sp³-hybridized carbons (Fsp3) is 1.00. The minimum absolute atomic E-state index is 0.371. The van der Waals surface area contributed by atoms with Gasteiger partial charge in [-0.05, 0) is 44.8 Å². The monoisotopic (exact) mass is 226 g/mol. The van der Waals surface area contributed by atoms with E-state index >= 15 is 0 Å². The van der Waals surface area contributed by atoms with Crippen LogP contribution in [0.3, 0.4) is 0 Å². The van der Waals surface area contributed by atoms with Gasteiger partial charge in [0.15, 0.2) is 0 Å². The van der Waals surface area contributed by atoms with Crippen LogP contribution in [-0.2, 0) is 0 Å². The fourth-order valence-electron chi connectivity index (χ4n) is 2.43. The summed E-state index contributed by atoms with van der Waals surface area (Å²) in [6, 6.07) is 1.52. The van der Waals surface area contributed by atoms with Crippen LogP contribution >= 0.6 is 0 Å². The van der Waals surface area contributed by atoms with Crippen molar-refractivity contribution in [3.63, 3.8) is 0 Å². The van der Waals surface area contributed by atoms with Crippen LogP contribution in [0.25, 0.3) is 0 Å². The maximum atomic E-state index is 3.63. The van der Waals surface area contributed by atoms with Crippen LogP contribution in [-0.4, -0.2) is 37.1 Å². The van der Waals surface area contributed by atoms with Crippen molar-refractivity contribution in [3.05, 3.63) is 0 Å². The predicted octanol–water partition coefficient (Wildman–Crippen LogP) is 2.89. The topological polar surface area (TPSA) is 15.3 Å². The summed E-state index contributed by atoms with van der Waals surface area (Å²) in [6.45, 7) is 11.5. The van der Waals surface area contributed by atoms with E-state index in [1.807, 2.05) is 0 Å². The largest absolute Gasteiger partial charge is 0.314 e. The summed E-state index contributed by atoms with van der Waals surface area (Å²) in [4.78, 5) is 2.56. The third-order valence-electron chi connectivity index (χ3n) is 3.96. The van der Waals surface area contributed by atoms with Crippen LogP contribution in [0.5, 0.6) is 0 Å². The molecule has 1 saturated carbocycles. The van der Waals surface area contributed by atoms with Gasteiger partial charge in [-0.3, -0.25) is 0 Å². The van der Waals surface area contributed by atoms with Gasteiger partial charge in [0, 0.05) is 12.1 Å². The zero-order chi connectivity index (χ0) is 12.2. The summed E-state index contributed by atoms with van der Waals surface area (Å²) in [7, 11) is 2.29. The Bertz CT molecular complexity index is 191. The van der Waals surface area contributed by atoms with Crippen molar-refractivity contribution in [1.29, 1.82) is 0 Å². The summed E-state index contributed by atoms with van der Waals surface area (Å²) >= 11 is 0. The lowest BCUT2D eigenvalue weighted by molar-refractivity contribution is 0.140. The molecule has 96 valence electrons. The van der Waals surface area contributed by atoms with E-state index < -0.39 is 0 Å². The van der Waals surface area contributed by atoms with Crippen LogP contribution in [0.15, 0.2) is 0 Å². The van der Waals surface area contributed by atoms with E-state index in [1.165, 1.54) is 32.2 Å². The molecular formula is C14H30N2. The van der Waals surface area contributed by atoms with E-state index in [2.05, 4.69) is 45.0 Å². The Balaban J connectivity index is 2.31. The molecule has 2 heteroatoms. The minimum atomic E-state index is 0.371. The number of nitrogens with one attached hydrogen (secondary N) is 1. The molecule has 0 heterocycles. The Hall–Kier alpha value is -0.0800. The molecule has 0 saturated heterocycles. The van der Waals surface area contributed by atoms with Crippen molar-refractivity contribution < 1.29 is 0 Å². The third kappa shape index (κ3) is 4.06. The molecule has 1 rings (SSSR count). The van der Waals surface area contributed by atoms with E-state index in [0.717, 1.165) is 12.6 Å². The lowest BCUT2D eigenvalue weighted by Crippen LogP contribution is -2.44. The highest BCUT2D eigenvalue weighted by atomic mass is 15.1. The van der Waals surface area contributed by atoms with Crippen molar-refractivity contribution >= 4 is 0 Å². The second kappa shape index (κ2) is 6.02. The quantitative estimate of drug-likeness (QED) is 0.749. The van der Waals surface area contributed by atoms with Gasteiger partial charge in [-0.25, -0.2) is 0 Å². The highest BCUT2D eigenvalue weighted by molar-refractivity contribution is 4.83. The smallest absolute Gasteiger partial charge is 0.0128 e. The zero-order valence-corrected chi connectivity index (χ0v) is 11.8. The van der Waals surface area contributed by atoms with E-state index in [0.29, 0.717) is 11.5 Å². The normalized spacial score (nSPS) is 19.9. The Kier molecular flexibility index (Phi) is 5.26. The molecule has 1 atom stereocenters. The van der Waals surface area contributed by atoms with Gasteiger partial charge in [0.25, 0.3) is 0 Å². The maximum Gasteiger partial charge on any atom is 0.0128 e. The molecule has 16 heavy (non-hydrogen) atoms. The van der Waals surface area contributed by atoms with Gasteiger partial charge >= 0.3 is 0 Å². The Morgan fingerprint density at radius 2 is 1.94 bits per heavy atom. The number of nitrogens with zero attached hydrogens (tertiary/aromatic N) is 1. The van der Waals surface area contributed by atoms with E-state index in [9.17, 15) is 0 Å². The molecule has 0 aliphatic heterocycles. The lowest BCUT2D eigenvalue weighted by Gasteiger charge is -2.37. The summed E-state index contributed by atoms with van der Waals surface area (Å²) in [5, 5.41) is 3.63. The molecule has 0 spiro atoms. The van der Waals surface area contributed by atoms with Crippen LogP contribution in [0, 0.1) is 5.41 Å². The summed E-state index contributed by atoms with van der Waals surface area (Å²) < 4.78 is 0. The van der Waals surface area contributed by atoms with E-state index in [1.54, 1.807) is 0 Å². The van der Waals surface area contributed by atoms with Crippen LogP contribution in [0.2, 0.25) is 0 Å². The van der Waals surface area contributed by atoms with Gasteiger partial charge in [0.05, 0.1) is 0 Å². The highest BCUT2D eigenvalue weighted by Gasteiger charge is 2.26. The molecule has 1 aliphatic rings. The standard InChI is InChI=1S/C14H30N2/c1-6-15-13(14(2,3)4)10-11-16(5)12-8-7-9-12/h12-13,15H,6-11H2,1-5H3. The van der Waals surface area contributed by atoms with E-state index in [-0.39, 0.29) is 0 Å². The van der Waals surface area contributed by atoms with Gasteiger partial charge < -0.3 is 10.2 Å². The minimum Gasteiger partial charge on any atom is -0.314 e. The summed E-state index contributed by atoms with van der Waals surface area (Å²) in [5.74, 6) is 0. The highest BCUT2D eigenvalue weighted by Crippen LogP contribution is 2.26. The first kappa shape index (κ1) is 14.0. The first-order chi connectivity index (χ1) is 7.45. The second-order valence-electron chi connectivity index (χ2n) is 6.33. The molecule has 2 nitrogen and oxygen atoms in total. The molecular weight excluding hydrogens is 196 g/mol. The Morgan fingerprint density at radius 3 is 2.31 bits per heavy atom. The van der Waals surface area contributed by atoms with Gasteiger partial charge in [0.2, 0.25) is 0 Å². The second-order valence-corrected chi connectivity index (χ2v) is 6.33. The molecule has 1 unspecified atom stereocenters. The van der Waals surface area contributed by atoms with Gasteiger partial charge in [-0.1, -0.05) is 34.1 Å². The average Bonchev–Trinajstić information content (AvgIpc) is 2.07. The molecule has 0 radical (unpaired) electrons. The predicted molar refractivity (Wildman–Crippen MR) is 71.8 cm³/mol. The van der Waals surface area contributed by atoms with Crippen LogP contribution in [0.1, 0.15) is 53.4 Å². The first-order valence-electron chi connectivity index (χ1n) is 6.88. The van der Waals surface area contributed by atoms with Gasteiger partial charge in [-0.15, -0.1) is 0 Å². The first-order valence-corrected chi connectivity index (χ1v) is 6.88.